The largest absolute Gasteiger partial charge is 0.348 e. The van der Waals surface area contributed by atoms with Crippen LogP contribution in [0.4, 0.5) is 5.69 Å². The first-order valence-corrected chi connectivity index (χ1v) is 10.1. The van der Waals surface area contributed by atoms with E-state index in [4.69, 9.17) is 11.6 Å². The molecule has 6 heteroatoms. The van der Waals surface area contributed by atoms with Crippen LogP contribution in [-0.4, -0.2) is 22.8 Å². The van der Waals surface area contributed by atoms with Crippen LogP contribution >= 0.6 is 11.6 Å². The lowest BCUT2D eigenvalue weighted by Gasteiger charge is -2.26. The van der Waals surface area contributed by atoms with Gasteiger partial charge in [0.2, 0.25) is 5.91 Å². The van der Waals surface area contributed by atoms with Crippen molar-refractivity contribution >= 4 is 29.1 Å². The zero-order valence-electron chi connectivity index (χ0n) is 17.2. The van der Waals surface area contributed by atoms with Crippen molar-refractivity contribution in [3.63, 3.8) is 0 Å². The van der Waals surface area contributed by atoms with E-state index in [1.807, 2.05) is 56.3 Å². The summed E-state index contributed by atoms with van der Waals surface area (Å²) in [5.74, 6) is -0.200. The molecule has 0 spiro atoms. The second kappa shape index (κ2) is 9.55. The Hall–Kier alpha value is -3.18. The van der Waals surface area contributed by atoms with Crippen LogP contribution in [0.2, 0.25) is 5.02 Å². The number of amides is 2. The first kappa shape index (κ1) is 21.5. The maximum Gasteiger partial charge on any atom is 0.251 e. The third kappa shape index (κ3) is 5.05. The SMILES string of the molecule is CC(=O)N(c1ccc(-c2ccc(C(=O)NCc3cccnc3)cc2)cc1Cl)C(C)C. The average molecular weight is 422 g/mol. The van der Waals surface area contributed by atoms with Crippen LogP contribution in [0, 0.1) is 0 Å². The normalized spacial score (nSPS) is 10.7. The van der Waals surface area contributed by atoms with Crippen molar-refractivity contribution in [3.05, 3.63) is 83.1 Å². The molecular formula is C24H24ClN3O2. The van der Waals surface area contributed by atoms with Crippen LogP contribution in [0.25, 0.3) is 11.1 Å². The number of nitrogens with one attached hydrogen (secondary N) is 1. The summed E-state index contributed by atoms with van der Waals surface area (Å²) in [5.41, 5.74) is 4.06. The molecule has 30 heavy (non-hydrogen) atoms. The van der Waals surface area contributed by atoms with Crippen molar-refractivity contribution in [1.29, 1.82) is 0 Å². The van der Waals surface area contributed by atoms with Gasteiger partial charge in [0, 0.05) is 37.5 Å². The molecule has 1 aromatic heterocycles. The summed E-state index contributed by atoms with van der Waals surface area (Å²) < 4.78 is 0. The first-order valence-electron chi connectivity index (χ1n) is 9.73. The number of aromatic nitrogens is 1. The zero-order chi connectivity index (χ0) is 21.7. The minimum Gasteiger partial charge on any atom is -0.348 e. The summed E-state index contributed by atoms with van der Waals surface area (Å²) in [5, 5.41) is 3.40. The van der Waals surface area contributed by atoms with Crippen LogP contribution in [0.3, 0.4) is 0 Å². The number of anilines is 1. The molecule has 2 aromatic carbocycles. The molecule has 3 aromatic rings. The number of halogens is 1. The van der Waals surface area contributed by atoms with E-state index >= 15 is 0 Å². The molecule has 0 bridgehead atoms. The molecular weight excluding hydrogens is 398 g/mol. The molecule has 0 aliphatic carbocycles. The Morgan fingerprint density at radius 2 is 1.77 bits per heavy atom. The molecule has 3 rings (SSSR count). The molecule has 0 aliphatic heterocycles. The summed E-state index contributed by atoms with van der Waals surface area (Å²) in [4.78, 5) is 30.0. The predicted octanol–water partition coefficient (Wildman–Crippen LogP) is 5.09. The fourth-order valence-corrected chi connectivity index (χ4v) is 3.57. The molecule has 0 atom stereocenters. The Kier molecular flexibility index (Phi) is 6.85. The van der Waals surface area contributed by atoms with Crippen molar-refractivity contribution < 1.29 is 9.59 Å². The van der Waals surface area contributed by atoms with Crippen molar-refractivity contribution in [1.82, 2.24) is 10.3 Å². The second-order valence-electron chi connectivity index (χ2n) is 7.27. The van der Waals surface area contributed by atoms with E-state index < -0.39 is 0 Å². The fraction of sp³-hybridized carbons (Fsp3) is 0.208. The molecule has 154 valence electrons. The van der Waals surface area contributed by atoms with Gasteiger partial charge < -0.3 is 10.2 Å². The van der Waals surface area contributed by atoms with Crippen molar-refractivity contribution in [3.8, 4) is 11.1 Å². The van der Waals surface area contributed by atoms with Crippen LogP contribution in [0.5, 0.6) is 0 Å². The van der Waals surface area contributed by atoms with Crippen molar-refractivity contribution in [2.24, 2.45) is 0 Å². The number of hydrogen-bond acceptors (Lipinski definition) is 3. The molecule has 0 fully saturated rings. The monoisotopic (exact) mass is 421 g/mol. The molecule has 5 nitrogen and oxygen atoms in total. The highest BCUT2D eigenvalue weighted by molar-refractivity contribution is 6.34. The van der Waals surface area contributed by atoms with Gasteiger partial charge >= 0.3 is 0 Å². The summed E-state index contributed by atoms with van der Waals surface area (Å²) in [6, 6.07) is 16.7. The molecule has 1 heterocycles. The van der Waals surface area contributed by atoms with Gasteiger partial charge in [0.05, 0.1) is 10.7 Å². The van der Waals surface area contributed by atoms with Crippen LogP contribution in [-0.2, 0) is 11.3 Å². The quantitative estimate of drug-likeness (QED) is 0.602. The van der Waals surface area contributed by atoms with E-state index in [1.165, 1.54) is 6.92 Å². The fourth-order valence-electron chi connectivity index (χ4n) is 3.29. The molecule has 0 saturated heterocycles. The Morgan fingerprint density at radius 3 is 2.33 bits per heavy atom. The van der Waals surface area contributed by atoms with Gasteiger partial charge in [-0.25, -0.2) is 0 Å². The molecule has 1 N–H and O–H groups in total. The van der Waals surface area contributed by atoms with Gasteiger partial charge in [-0.1, -0.05) is 35.9 Å². The third-order valence-electron chi connectivity index (χ3n) is 4.72. The smallest absolute Gasteiger partial charge is 0.251 e. The van der Waals surface area contributed by atoms with Gasteiger partial charge in [0.1, 0.15) is 0 Å². The van der Waals surface area contributed by atoms with E-state index in [1.54, 1.807) is 29.4 Å². The van der Waals surface area contributed by atoms with Gasteiger partial charge in [0.25, 0.3) is 5.91 Å². The topological polar surface area (TPSA) is 62.3 Å². The summed E-state index contributed by atoms with van der Waals surface area (Å²) >= 11 is 6.48. The Bertz CT molecular complexity index is 1030. The summed E-state index contributed by atoms with van der Waals surface area (Å²) in [7, 11) is 0. The van der Waals surface area contributed by atoms with Gasteiger partial charge in [0.15, 0.2) is 0 Å². The standard InChI is InChI=1S/C24H24ClN3O2/c1-16(2)28(17(3)29)23-11-10-21(13-22(23)25)19-6-8-20(9-7-19)24(30)27-15-18-5-4-12-26-14-18/h4-14,16H,15H2,1-3H3,(H,27,30). The summed E-state index contributed by atoms with van der Waals surface area (Å²) in [6.07, 6.45) is 3.42. The number of rotatable bonds is 6. The molecule has 0 aliphatic rings. The number of nitrogens with zero attached hydrogens (tertiary/aromatic N) is 2. The number of carbonyl (C=O) groups is 2. The van der Waals surface area contributed by atoms with Crippen LogP contribution < -0.4 is 10.2 Å². The minimum atomic E-state index is -0.146. The highest BCUT2D eigenvalue weighted by atomic mass is 35.5. The predicted molar refractivity (Wildman–Crippen MR) is 121 cm³/mol. The highest BCUT2D eigenvalue weighted by Gasteiger charge is 2.18. The molecule has 0 radical (unpaired) electrons. The first-order chi connectivity index (χ1) is 14.4. The average Bonchev–Trinajstić information content (AvgIpc) is 2.73. The van der Waals surface area contributed by atoms with Gasteiger partial charge in [-0.15, -0.1) is 0 Å². The maximum atomic E-state index is 12.4. The van der Waals surface area contributed by atoms with E-state index in [-0.39, 0.29) is 17.9 Å². The van der Waals surface area contributed by atoms with Gasteiger partial charge in [-0.3, -0.25) is 14.6 Å². The van der Waals surface area contributed by atoms with Gasteiger partial charge in [-0.2, -0.15) is 0 Å². The number of benzene rings is 2. The maximum absolute atomic E-state index is 12.4. The van der Waals surface area contributed by atoms with E-state index in [0.29, 0.717) is 22.8 Å². The van der Waals surface area contributed by atoms with E-state index in [0.717, 1.165) is 16.7 Å². The lowest BCUT2D eigenvalue weighted by atomic mass is 10.0. The van der Waals surface area contributed by atoms with E-state index in [2.05, 4.69) is 10.3 Å². The lowest BCUT2D eigenvalue weighted by Crippen LogP contribution is -2.35. The number of carbonyl (C=O) groups excluding carboxylic acids is 2. The number of hydrogen-bond donors (Lipinski definition) is 1. The molecule has 0 saturated carbocycles. The third-order valence-corrected chi connectivity index (χ3v) is 5.02. The Balaban J connectivity index is 1.73. The van der Waals surface area contributed by atoms with E-state index in [9.17, 15) is 9.59 Å². The Morgan fingerprint density at radius 1 is 1.07 bits per heavy atom. The molecule has 0 unspecified atom stereocenters. The van der Waals surface area contributed by atoms with Gasteiger partial charge in [-0.05, 0) is 60.9 Å². The van der Waals surface area contributed by atoms with Crippen molar-refractivity contribution in [2.45, 2.75) is 33.4 Å². The second-order valence-corrected chi connectivity index (χ2v) is 7.68. The van der Waals surface area contributed by atoms with Crippen LogP contribution in [0.15, 0.2) is 67.0 Å². The molecule has 2 amide bonds. The highest BCUT2D eigenvalue weighted by Crippen LogP contribution is 2.32. The lowest BCUT2D eigenvalue weighted by molar-refractivity contribution is -0.116. The minimum absolute atomic E-state index is 0.00955. The Labute approximate surface area is 181 Å². The zero-order valence-corrected chi connectivity index (χ0v) is 18.0. The van der Waals surface area contributed by atoms with Crippen molar-refractivity contribution in [2.75, 3.05) is 4.90 Å². The number of pyridine rings is 1. The van der Waals surface area contributed by atoms with Crippen LogP contribution in [0.1, 0.15) is 36.7 Å². The summed E-state index contributed by atoms with van der Waals surface area (Å²) in [6.45, 7) is 5.85.